The molecule has 0 aliphatic rings. The number of methoxy groups -OCH3 is 1. The van der Waals surface area contributed by atoms with E-state index in [-0.39, 0.29) is 5.91 Å². The lowest BCUT2D eigenvalue weighted by molar-refractivity contribution is -0.146. The average molecular weight is 420 g/mol. The molecule has 1 N–H and O–H groups in total. The summed E-state index contributed by atoms with van der Waals surface area (Å²) in [6.07, 6.45) is 2.06. The maximum Gasteiger partial charge on any atom is 0.311 e. The summed E-state index contributed by atoms with van der Waals surface area (Å²) < 4.78 is 4.95. The monoisotopic (exact) mass is 419 g/mol. The van der Waals surface area contributed by atoms with Crippen LogP contribution in [0.15, 0.2) is 60.1 Å². The van der Waals surface area contributed by atoms with Gasteiger partial charge in [-0.25, -0.2) is 0 Å². The maximum atomic E-state index is 12.8. The summed E-state index contributed by atoms with van der Waals surface area (Å²) in [5.74, 6) is -1.25. The summed E-state index contributed by atoms with van der Waals surface area (Å²) in [6.45, 7) is 1.78. The Morgan fingerprint density at radius 1 is 1.23 bits per heavy atom. The van der Waals surface area contributed by atoms with Gasteiger partial charge in [0.15, 0.2) is 0 Å². The van der Waals surface area contributed by atoms with E-state index in [0.717, 1.165) is 16.8 Å². The molecule has 1 amide bonds. The minimum atomic E-state index is -0.580. The Morgan fingerprint density at radius 2 is 2.07 bits per heavy atom. The van der Waals surface area contributed by atoms with E-state index in [1.807, 2.05) is 29.6 Å². The third kappa shape index (κ3) is 5.10. The summed E-state index contributed by atoms with van der Waals surface area (Å²) >= 11 is 1.32. The van der Waals surface area contributed by atoms with Crippen LogP contribution in [0.25, 0.3) is 11.3 Å². The van der Waals surface area contributed by atoms with Crippen molar-refractivity contribution in [2.45, 2.75) is 19.4 Å². The standard InChI is InChI=1S/C23H21N3O3S/c1-15(19(23(28)29-2)11-16-6-5-7-17(10-16)13-24)26-22(27)21-12-18(14-30-21)20-8-3-4-9-25-20/h3-10,12,14-15,19H,11H2,1-2H3,(H,26,27). The molecular formula is C23H21N3O3S. The maximum absolute atomic E-state index is 12.8. The van der Waals surface area contributed by atoms with E-state index < -0.39 is 17.9 Å². The number of nitrogens with zero attached hydrogens (tertiary/aromatic N) is 2. The molecule has 152 valence electrons. The number of amides is 1. The van der Waals surface area contributed by atoms with Crippen molar-refractivity contribution < 1.29 is 14.3 Å². The lowest BCUT2D eigenvalue weighted by Gasteiger charge is -2.23. The fourth-order valence-electron chi connectivity index (χ4n) is 3.14. The minimum Gasteiger partial charge on any atom is -0.469 e. The summed E-state index contributed by atoms with van der Waals surface area (Å²) in [5, 5.41) is 13.9. The predicted octanol–water partition coefficient (Wildman–Crippen LogP) is 3.83. The molecule has 0 radical (unpaired) electrons. The molecule has 3 rings (SSSR count). The molecule has 0 aliphatic carbocycles. The third-order valence-corrected chi connectivity index (χ3v) is 5.69. The number of nitrogens with one attached hydrogen (secondary N) is 1. The second kappa shape index (κ2) is 9.81. The highest BCUT2D eigenvalue weighted by Gasteiger charge is 2.28. The predicted molar refractivity (Wildman–Crippen MR) is 115 cm³/mol. The zero-order chi connectivity index (χ0) is 21.5. The molecule has 0 bridgehead atoms. The minimum absolute atomic E-state index is 0.255. The molecule has 2 unspecified atom stereocenters. The van der Waals surface area contributed by atoms with Gasteiger partial charge in [-0.1, -0.05) is 18.2 Å². The van der Waals surface area contributed by atoms with Crippen LogP contribution in [0.3, 0.4) is 0 Å². The number of aromatic nitrogens is 1. The summed E-state index contributed by atoms with van der Waals surface area (Å²) in [5.41, 5.74) is 3.02. The van der Waals surface area contributed by atoms with Crippen molar-refractivity contribution in [3.63, 3.8) is 0 Å². The number of nitriles is 1. The molecule has 0 saturated heterocycles. The number of pyridine rings is 1. The van der Waals surface area contributed by atoms with E-state index in [0.29, 0.717) is 16.9 Å². The van der Waals surface area contributed by atoms with Crippen molar-refractivity contribution in [3.05, 3.63) is 76.1 Å². The Bertz CT molecular complexity index is 1070. The Labute approximate surface area is 179 Å². The smallest absolute Gasteiger partial charge is 0.311 e. The van der Waals surface area contributed by atoms with Gasteiger partial charge in [0.1, 0.15) is 0 Å². The first kappa shape index (κ1) is 21.2. The highest BCUT2D eigenvalue weighted by Crippen LogP contribution is 2.24. The van der Waals surface area contributed by atoms with Crippen molar-refractivity contribution in [1.82, 2.24) is 10.3 Å². The van der Waals surface area contributed by atoms with Crippen LogP contribution in [0, 0.1) is 17.2 Å². The molecule has 0 fully saturated rings. The number of carbonyl (C=O) groups excluding carboxylic acids is 2. The van der Waals surface area contributed by atoms with Gasteiger partial charge in [0.25, 0.3) is 5.91 Å². The van der Waals surface area contributed by atoms with E-state index in [1.54, 1.807) is 37.4 Å². The largest absolute Gasteiger partial charge is 0.469 e. The lowest BCUT2D eigenvalue weighted by atomic mass is 9.92. The molecular weight excluding hydrogens is 398 g/mol. The topological polar surface area (TPSA) is 92.1 Å². The van der Waals surface area contributed by atoms with Gasteiger partial charge in [-0.2, -0.15) is 5.26 Å². The van der Waals surface area contributed by atoms with E-state index >= 15 is 0 Å². The molecule has 1 aromatic carbocycles. The second-order valence-electron chi connectivity index (χ2n) is 6.82. The van der Waals surface area contributed by atoms with Crippen LogP contribution in [-0.2, 0) is 16.0 Å². The van der Waals surface area contributed by atoms with Gasteiger partial charge in [-0.05, 0) is 49.2 Å². The highest BCUT2D eigenvalue weighted by molar-refractivity contribution is 7.12. The van der Waals surface area contributed by atoms with E-state index in [2.05, 4.69) is 16.4 Å². The van der Waals surface area contributed by atoms with Crippen LogP contribution in [0.1, 0.15) is 27.7 Å². The molecule has 0 aliphatic heterocycles. The number of esters is 1. The third-order valence-electron chi connectivity index (χ3n) is 4.76. The van der Waals surface area contributed by atoms with Crippen LogP contribution in [0.4, 0.5) is 0 Å². The zero-order valence-corrected chi connectivity index (χ0v) is 17.5. The van der Waals surface area contributed by atoms with Crippen LogP contribution < -0.4 is 5.32 Å². The first-order chi connectivity index (χ1) is 14.5. The van der Waals surface area contributed by atoms with Gasteiger partial charge in [-0.15, -0.1) is 11.3 Å². The molecule has 0 spiro atoms. The Balaban J connectivity index is 1.73. The molecule has 2 aromatic heterocycles. The lowest BCUT2D eigenvalue weighted by Crippen LogP contribution is -2.42. The zero-order valence-electron chi connectivity index (χ0n) is 16.7. The van der Waals surface area contributed by atoms with Gasteiger partial charge in [-0.3, -0.25) is 14.6 Å². The van der Waals surface area contributed by atoms with E-state index in [9.17, 15) is 9.59 Å². The summed E-state index contributed by atoms with van der Waals surface area (Å²) in [6, 6.07) is 16.1. The number of ether oxygens (including phenoxy) is 1. The fourth-order valence-corrected chi connectivity index (χ4v) is 3.94. The van der Waals surface area contributed by atoms with Gasteiger partial charge in [0.05, 0.1) is 35.2 Å². The number of carbonyl (C=O) groups is 2. The first-order valence-electron chi connectivity index (χ1n) is 9.39. The van der Waals surface area contributed by atoms with Crippen LogP contribution in [-0.4, -0.2) is 30.0 Å². The summed E-state index contributed by atoms with van der Waals surface area (Å²) in [7, 11) is 1.33. The normalized spacial score (nSPS) is 12.4. The number of benzene rings is 1. The van der Waals surface area contributed by atoms with E-state index in [4.69, 9.17) is 10.00 Å². The van der Waals surface area contributed by atoms with E-state index in [1.165, 1.54) is 18.4 Å². The second-order valence-corrected chi connectivity index (χ2v) is 7.73. The first-order valence-corrected chi connectivity index (χ1v) is 10.3. The Hall–Kier alpha value is -3.50. The Kier molecular flexibility index (Phi) is 6.94. The molecule has 2 heterocycles. The van der Waals surface area contributed by atoms with Gasteiger partial charge in [0, 0.05) is 23.2 Å². The Morgan fingerprint density at radius 3 is 2.77 bits per heavy atom. The molecule has 0 saturated carbocycles. The van der Waals surface area contributed by atoms with Crippen molar-refractivity contribution in [2.24, 2.45) is 5.92 Å². The molecule has 7 heteroatoms. The molecule has 30 heavy (non-hydrogen) atoms. The number of hydrogen-bond acceptors (Lipinski definition) is 6. The molecule has 6 nitrogen and oxygen atoms in total. The SMILES string of the molecule is COC(=O)C(Cc1cccc(C#N)c1)C(C)NC(=O)c1cc(-c2ccccn2)cs1. The number of rotatable bonds is 7. The van der Waals surface area contributed by atoms with Crippen molar-refractivity contribution >= 4 is 23.2 Å². The average Bonchev–Trinajstić information content (AvgIpc) is 3.28. The van der Waals surface area contributed by atoms with Gasteiger partial charge < -0.3 is 10.1 Å². The number of hydrogen-bond donors (Lipinski definition) is 1. The molecule has 2 atom stereocenters. The highest BCUT2D eigenvalue weighted by atomic mass is 32.1. The van der Waals surface area contributed by atoms with Crippen molar-refractivity contribution in [1.29, 1.82) is 5.26 Å². The van der Waals surface area contributed by atoms with Crippen LogP contribution in [0.5, 0.6) is 0 Å². The summed E-state index contributed by atoms with van der Waals surface area (Å²) in [4.78, 5) is 30.0. The van der Waals surface area contributed by atoms with Gasteiger partial charge >= 0.3 is 5.97 Å². The fraction of sp³-hybridized carbons (Fsp3) is 0.217. The van der Waals surface area contributed by atoms with Crippen LogP contribution >= 0.6 is 11.3 Å². The van der Waals surface area contributed by atoms with Crippen LogP contribution in [0.2, 0.25) is 0 Å². The van der Waals surface area contributed by atoms with Crippen molar-refractivity contribution in [2.75, 3.05) is 7.11 Å². The molecule has 3 aromatic rings. The number of thiophene rings is 1. The quantitative estimate of drug-likeness (QED) is 0.588. The van der Waals surface area contributed by atoms with Crippen molar-refractivity contribution in [3.8, 4) is 17.3 Å². The van der Waals surface area contributed by atoms with Gasteiger partial charge in [0.2, 0.25) is 0 Å².